The van der Waals surface area contributed by atoms with E-state index >= 15 is 0 Å². The van der Waals surface area contributed by atoms with Crippen LogP contribution in [0.5, 0.6) is 0 Å². The van der Waals surface area contributed by atoms with Gasteiger partial charge in [-0.1, -0.05) is 6.07 Å². The number of nitro benzene ring substituents is 1. The summed E-state index contributed by atoms with van der Waals surface area (Å²) in [6.45, 7) is 0. The van der Waals surface area contributed by atoms with Gasteiger partial charge >= 0.3 is 5.69 Å². The lowest BCUT2D eigenvalue weighted by Crippen LogP contribution is -2.11. The number of carbonyl (C=O) groups excluding carboxylic acids is 1. The molecule has 0 fully saturated rings. The Bertz CT molecular complexity index is 406. The highest BCUT2D eigenvalue weighted by Crippen LogP contribution is 2.19. The molecule has 6 heteroatoms. The van der Waals surface area contributed by atoms with Gasteiger partial charge in [-0.05, 0) is 18.1 Å². The SMILES string of the molecule is NC(=O)CCc1ccc(F)c([N+](=O)[O-])c1. The first kappa shape index (κ1) is 11.1. The minimum Gasteiger partial charge on any atom is -0.370 e. The third-order valence-corrected chi connectivity index (χ3v) is 1.87. The Hall–Kier alpha value is -1.98. The van der Waals surface area contributed by atoms with E-state index in [0.717, 1.165) is 12.1 Å². The minimum atomic E-state index is -0.886. The van der Waals surface area contributed by atoms with Gasteiger partial charge in [0.1, 0.15) is 0 Å². The van der Waals surface area contributed by atoms with Crippen LogP contribution in [0.25, 0.3) is 0 Å². The molecule has 0 aliphatic rings. The molecule has 0 spiro atoms. The Morgan fingerprint density at radius 3 is 2.73 bits per heavy atom. The predicted octanol–water partition coefficient (Wildman–Crippen LogP) is 1.15. The summed E-state index contributed by atoms with van der Waals surface area (Å²) < 4.78 is 12.9. The van der Waals surface area contributed by atoms with Gasteiger partial charge in [0, 0.05) is 12.5 Å². The van der Waals surface area contributed by atoms with Crippen LogP contribution in [0.4, 0.5) is 10.1 Å². The van der Waals surface area contributed by atoms with E-state index in [4.69, 9.17) is 5.73 Å². The molecular formula is C9H9FN2O3. The van der Waals surface area contributed by atoms with Crippen LogP contribution in [0, 0.1) is 15.9 Å². The van der Waals surface area contributed by atoms with Crippen LogP contribution in [0.15, 0.2) is 18.2 Å². The normalized spacial score (nSPS) is 9.93. The number of amides is 1. The van der Waals surface area contributed by atoms with Crippen molar-refractivity contribution in [1.29, 1.82) is 0 Å². The summed E-state index contributed by atoms with van der Waals surface area (Å²) in [4.78, 5) is 20.1. The highest BCUT2D eigenvalue weighted by atomic mass is 19.1. The van der Waals surface area contributed by atoms with Crippen molar-refractivity contribution in [3.8, 4) is 0 Å². The Morgan fingerprint density at radius 1 is 1.53 bits per heavy atom. The Labute approximate surface area is 84.8 Å². The quantitative estimate of drug-likeness (QED) is 0.600. The molecule has 1 aromatic rings. The number of aryl methyl sites for hydroxylation is 1. The standard InChI is InChI=1S/C9H9FN2O3/c10-7-3-1-6(2-4-9(11)13)5-8(7)12(14)15/h1,3,5H,2,4H2,(H2,11,13). The number of carbonyl (C=O) groups is 1. The maximum atomic E-state index is 12.9. The van der Waals surface area contributed by atoms with Crippen molar-refractivity contribution in [3.63, 3.8) is 0 Å². The average Bonchev–Trinajstić information content (AvgIpc) is 2.16. The summed E-state index contributed by atoms with van der Waals surface area (Å²) in [6.07, 6.45) is 0.360. The summed E-state index contributed by atoms with van der Waals surface area (Å²) in [7, 11) is 0. The van der Waals surface area contributed by atoms with Crippen LogP contribution in [0.1, 0.15) is 12.0 Å². The highest BCUT2D eigenvalue weighted by Gasteiger charge is 2.14. The lowest BCUT2D eigenvalue weighted by atomic mass is 10.1. The third-order valence-electron chi connectivity index (χ3n) is 1.87. The molecule has 2 N–H and O–H groups in total. The Balaban J connectivity index is 2.87. The Kier molecular flexibility index (Phi) is 3.33. The zero-order valence-corrected chi connectivity index (χ0v) is 7.77. The molecule has 0 aliphatic heterocycles. The number of benzene rings is 1. The topological polar surface area (TPSA) is 86.2 Å². The molecule has 0 unspecified atom stereocenters. The summed E-state index contributed by atoms with van der Waals surface area (Å²) >= 11 is 0. The van der Waals surface area contributed by atoms with Gasteiger partial charge in [0.25, 0.3) is 0 Å². The highest BCUT2D eigenvalue weighted by molar-refractivity contribution is 5.74. The molecule has 1 aromatic carbocycles. The number of nitrogens with zero attached hydrogens (tertiary/aromatic N) is 1. The Morgan fingerprint density at radius 2 is 2.20 bits per heavy atom. The summed E-state index contributed by atoms with van der Waals surface area (Å²) in [6, 6.07) is 3.51. The van der Waals surface area contributed by atoms with Gasteiger partial charge < -0.3 is 5.73 Å². The van der Waals surface area contributed by atoms with Crippen molar-refractivity contribution in [2.75, 3.05) is 0 Å². The van der Waals surface area contributed by atoms with Crippen LogP contribution in [0.2, 0.25) is 0 Å². The van der Waals surface area contributed by atoms with Crippen LogP contribution in [0.3, 0.4) is 0 Å². The van der Waals surface area contributed by atoms with Gasteiger partial charge in [-0.3, -0.25) is 14.9 Å². The van der Waals surface area contributed by atoms with Crippen molar-refractivity contribution in [3.05, 3.63) is 39.7 Å². The maximum absolute atomic E-state index is 12.9. The second-order valence-corrected chi connectivity index (χ2v) is 3.01. The number of hydrogen-bond donors (Lipinski definition) is 1. The van der Waals surface area contributed by atoms with Gasteiger partial charge in [0.05, 0.1) is 4.92 Å². The zero-order valence-electron chi connectivity index (χ0n) is 7.77. The first-order valence-electron chi connectivity index (χ1n) is 4.22. The molecule has 80 valence electrons. The van der Waals surface area contributed by atoms with Gasteiger partial charge in [-0.2, -0.15) is 4.39 Å². The van der Waals surface area contributed by atoms with Gasteiger partial charge in [-0.25, -0.2) is 0 Å². The molecule has 1 amide bonds. The van der Waals surface area contributed by atoms with Crippen LogP contribution in [-0.4, -0.2) is 10.8 Å². The van der Waals surface area contributed by atoms with E-state index < -0.39 is 22.3 Å². The van der Waals surface area contributed by atoms with E-state index in [-0.39, 0.29) is 12.8 Å². The lowest BCUT2D eigenvalue weighted by Gasteiger charge is -1.99. The van der Waals surface area contributed by atoms with E-state index in [1.807, 2.05) is 0 Å². The average molecular weight is 212 g/mol. The molecular weight excluding hydrogens is 203 g/mol. The smallest absolute Gasteiger partial charge is 0.305 e. The molecule has 0 heterocycles. The van der Waals surface area contributed by atoms with Crippen molar-refractivity contribution in [2.24, 2.45) is 5.73 Å². The van der Waals surface area contributed by atoms with Crippen molar-refractivity contribution < 1.29 is 14.1 Å². The number of nitro groups is 1. The molecule has 0 radical (unpaired) electrons. The van der Waals surface area contributed by atoms with E-state index in [1.165, 1.54) is 6.07 Å². The molecule has 0 saturated carbocycles. The summed E-state index contributed by atoms with van der Waals surface area (Å²) in [5.74, 6) is -1.38. The largest absolute Gasteiger partial charge is 0.370 e. The summed E-state index contributed by atoms with van der Waals surface area (Å²) in [5, 5.41) is 10.4. The third kappa shape index (κ3) is 3.01. The molecule has 15 heavy (non-hydrogen) atoms. The fraction of sp³-hybridized carbons (Fsp3) is 0.222. The van der Waals surface area contributed by atoms with Crippen molar-refractivity contribution >= 4 is 11.6 Å². The predicted molar refractivity (Wildman–Crippen MR) is 50.6 cm³/mol. The molecule has 0 aromatic heterocycles. The maximum Gasteiger partial charge on any atom is 0.305 e. The summed E-state index contributed by atoms with van der Waals surface area (Å²) in [5.41, 5.74) is 4.85. The van der Waals surface area contributed by atoms with Gasteiger partial charge in [0.15, 0.2) is 0 Å². The lowest BCUT2D eigenvalue weighted by molar-refractivity contribution is -0.387. The number of halogens is 1. The molecule has 0 atom stereocenters. The second-order valence-electron chi connectivity index (χ2n) is 3.01. The van der Waals surface area contributed by atoms with Crippen molar-refractivity contribution in [1.82, 2.24) is 0 Å². The van der Waals surface area contributed by atoms with E-state index in [2.05, 4.69) is 0 Å². The number of rotatable bonds is 4. The fourth-order valence-electron chi connectivity index (χ4n) is 1.12. The first-order valence-corrected chi connectivity index (χ1v) is 4.22. The minimum absolute atomic E-state index is 0.0861. The van der Waals surface area contributed by atoms with E-state index in [1.54, 1.807) is 0 Å². The molecule has 0 saturated heterocycles. The van der Waals surface area contributed by atoms with E-state index in [9.17, 15) is 19.3 Å². The molecule has 0 bridgehead atoms. The number of primary amides is 1. The monoisotopic (exact) mass is 212 g/mol. The van der Waals surface area contributed by atoms with Crippen LogP contribution < -0.4 is 5.73 Å². The van der Waals surface area contributed by atoms with Gasteiger partial charge in [0.2, 0.25) is 11.7 Å². The van der Waals surface area contributed by atoms with Crippen molar-refractivity contribution in [2.45, 2.75) is 12.8 Å². The molecule has 0 aliphatic carbocycles. The molecule has 5 nitrogen and oxygen atoms in total. The molecule has 1 rings (SSSR count). The van der Waals surface area contributed by atoms with Gasteiger partial charge in [-0.15, -0.1) is 0 Å². The fourth-order valence-corrected chi connectivity index (χ4v) is 1.12. The first-order chi connectivity index (χ1) is 7.00. The number of hydrogen-bond acceptors (Lipinski definition) is 3. The second kappa shape index (κ2) is 4.50. The zero-order chi connectivity index (χ0) is 11.4. The van der Waals surface area contributed by atoms with Crippen LogP contribution in [-0.2, 0) is 11.2 Å². The van der Waals surface area contributed by atoms with E-state index in [0.29, 0.717) is 5.56 Å². The number of nitrogens with two attached hydrogens (primary N) is 1. The van der Waals surface area contributed by atoms with Crippen LogP contribution >= 0.6 is 0 Å².